The average molecular weight is 341 g/mol. The third-order valence-electron chi connectivity index (χ3n) is 4.71. The van der Waals surface area contributed by atoms with E-state index in [-0.39, 0.29) is 23.9 Å². The number of aromatic amines is 1. The molecule has 1 aromatic carbocycles. The first kappa shape index (κ1) is 16.0. The topological polar surface area (TPSA) is 78.8 Å². The van der Waals surface area contributed by atoms with Crippen LogP contribution in [0.15, 0.2) is 49.1 Å². The summed E-state index contributed by atoms with van der Waals surface area (Å²) in [4.78, 5) is 7.47. The number of hydrogen-bond donors (Lipinski definition) is 3. The number of hydrogen-bond acceptors (Lipinski definition) is 4. The van der Waals surface area contributed by atoms with E-state index >= 15 is 0 Å². The molecule has 0 bridgehead atoms. The van der Waals surface area contributed by atoms with Crippen molar-refractivity contribution in [3.8, 4) is 0 Å². The molecule has 2 heterocycles. The molecule has 7 heteroatoms. The molecule has 1 fully saturated rings. The fourth-order valence-electron chi connectivity index (χ4n) is 3.37. The zero-order valence-electron chi connectivity index (χ0n) is 13.8. The third-order valence-corrected chi connectivity index (χ3v) is 4.71. The average Bonchev–Trinajstić information content (AvgIpc) is 3.24. The van der Waals surface area contributed by atoms with Crippen LogP contribution in [0.25, 0.3) is 0 Å². The quantitative estimate of drug-likeness (QED) is 0.664. The van der Waals surface area contributed by atoms with Crippen LogP contribution in [0.2, 0.25) is 0 Å². The summed E-state index contributed by atoms with van der Waals surface area (Å²) in [6.45, 7) is 1.97. The van der Waals surface area contributed by atoms with Crippen LogP contribution in [0.4, 0.5) is 4.39 Å². The molecule has 3 aromatic rings. The molecular formula is C18H20FN5O. The molecular weight excluding hydrogens is 321 g/mol. The summed E-state index contributed by atoms with van der Waals surface area (Å²) in [6.07, 6.45) is 7.35. The van der Waals surface area contributed by atoms with Gasteiger partial charge in [-0.3, -0.25) is 10.00 Å². The Hall–Kier alpha value is -2.51. The van der Waals surface area contributed by atoms with Crippen LogP contribution in [-0.4, -0.2) is 37.0 Å². The minimum absolute atomic E-state index is 0.0365. The highest BCUT2D eigenvalue weighted by atomic mass is 19.1. The Morgan fingerprint density at radius 3 is 2.76 bits per heavy atom. The summed E-state index contributed by atoms with van der Waals surface area (Å²) in [5, 5.41) is 18.1. The van der Waals surface area contributed by atoms with Crippen LogP contribution in [0.5, 0.6) is 0 Å². The van der Waals surface area contributed by atoms with Crippen molar-refractivity contribution in [3.63, 3.8) is 0 Å². The van der Waals surface area contributed by atoms with Gasteiger partial charge in [0, 0.05) is 24.6 Å². The Labute approximate surface area is 144 Å². The first-order chi connectivity index (χ1) is 12.1. The molecule has 1 unspecified atom stereocenters. The van der Waals surface area contributed by atoms with Gasteiger partial charge in [0.15, 0.2) is 0 Å². The largest absolute Gasteiger partial charge is 0.391 e. The molecule has 4 atom stereocenters. The van der Waals surface area contributed by atoms with Crippen molar-refractivity contribution in [3.05, 3.63) is 71.8 Å². The van der Waals surface area contributed by atoms with Crippen molar-refractivity contribution < 1.29 is 9.50 Å². The minimum Gasteiger partial charge on any atom is -0.391 e. The van der Waals surface area contributed by atoms with Crippen LogP contribution >= 0.6 is 0 Å². The number of benzene rings is 1. The predicted molar refractivity (Wildman–Crippen MR) is 90.4 cm³/mol. The molecule has 0 saturated heterocycles. The third kappa shape index (κ3) is 3.08. The fourth-order valence-corrected chi connectivity index (χ4v) is 3.37. The highest BCUT2D eigenvalue weighted by molar-refractivity contribution is 5.26. The summed E-state index contributed by atoms with van der Waals surface area (Å²) >= 11 is 0. The fraction of sp³-hybridized carbons (Fsp3) is 0.333. The molecule has 130 valence electrons. The van der Waals surface area contributed by atoms with Gasteiger partial charge in [-0.2, -0.15) is 5.10 Å². The maximum absolute atomic E-state index is 13.3. The molecule has 0 radical (unpaired) electrons. The van der Waals surface area contributed by atoms with Gasteiger partial charge in [-0.25, -0.2) is 9.37 Å². The molecule has 2 aromatic heterocycles. The zero-order valence-corrected chi connectivity index (χ0v) is 13.8. The van der Waals surface area contributed by atoms with Crippen molar-refractivity contribution in [2.45, 2.75) is 37.6 Å². The molecule has 1 aliphatic rings. The lowest BCUT2D eigenvalue weighted by molar-refractivity contribution is -0.0105. The van der Waals surface area contributed by atoms with Crippen LogP contribution in [-0.2, 0) is 0 Å². The lowest BCUT2D eigenvalue weighted by Crippen LogP contribution is -2.55. The van der Waals surface area contributed by atoms with Crippen LogP contribution < -0.4 is 5.32 Å². The Balaban J connectivity index is 1.59. The molecule has 0 spiro atoms. The molecule has 4 rings (SSSR count). The van der Waals surface area contributed by atoms with E-state index in [0.29, 0.717) is 6.42 Å². The number of aliphatic hydroxyl groups is 1. The molecule has 0 aliphatic heterocycles. The number of H-pyrrole nitrogens is 1. The Morgan fingerprint density at radius 2 is 2.16 bits per heavy atom. The Morgan fingerprint density at radius 1 is 1.36 bits per heavy atom. The van der Waals surface area contributed by atoms with Gasteiger partial charge in [0.25, 0.3) is 0 Å². The molecule has 0 amide bonds. The van der Waals surface area contributed by atoms with E-state index in [1.807, 2.05) is 17.8 Å². The van der Waals surface area contributed by atoms with Gasteiger partial charge >= 0.3 is 0 Å². The normalized spacial score (nSPS) is 24.0. The van der Waals surface area contributed by atoms with E-state index in [1.165, 1.54) is 12.1 Å². The smallest absolute Gasteiger partial charge is 0.127 e. The van der Waals surface area contributed by atoms with Crippen molar-refractivity contribution in [1.29, 1.82) is 0 Å². The van der Waals surface area contributed by atoms with Gasteiger partial charge in [0.05, 0.1) is 24.4 Å². The predicted octanol–water partition coefficient (Wildman–Crippen LogP) is 2.11. The van der Waals surface area contributed by atoms with Crippen molar-refractivity contribution in [1.82, 2.24) is 25.1 Å². The highest BCUT2D eigenvalue weighted by Gasteiger charge is 2.43. The van der Waals surface area contributed by atoms with E-state index < -0.39 is 6.10 Å². The summed E-state index contributed by atoms with van der Waals surface area (Å²) in [5.74, 6) is 0.481. The Bertz CT molecular complexity index is 830. The van der Waals surface area contributed by atoms with Gasteiger partial charge in [-0.1, -0.05) is 12.1 Å². The number of rotatable bonds is 5. The van der Waals surface area contributed by atoms with Crippen molar-refractivity contribution in [2.24, 2.45) is 0 Å². The van der Waals surface area contributed by atoms with Crippen molar-refractivity contribution in [2.75, 3.05) is 0 Å². The molecule has 6 nitrogen and oxygen atoms in total. The second-order valence-electron chi connectivity index (χ2n) is 6.52. The van der Waals surface area contributed by atoms with Gasteiger partial charge < -0.3 is 10.1 Å². The van der Waals surface area contributed by atoms with E-state index in [4.69, 9.17) is 0 Å². The second kappa shape index (κ2) is 6.42. The number of imidazole rings is 1. The van der Waals surface area contributed by atoms with Gasteiger partial charge in [-0.15, -0.1) is 0 Å². The van der Waals surface area contributed by atoms with Crippen LogP contribution in [0.1, 0.15) is 35.5 Å². The van der Waals surface area contributed by atoms with E-state index in [9.17, 15) is 9.50 Å². The maximum Gasteiger partial charge on any atom is 0.127 e. The monoisotopic (exact) mass is 341 g/mol. The lowest BCUT2D eigenvalue weighted by Gasteiger charge is -2.43. The summed E-state index contributed by atoms with van der Waals surface area (Å²) in [5.41, 5.74) is 1.96. The summed E-state index contributed by atoms with van der Waals surface area (Å²) in [6, 6.07) is 6.07. The first-order valence-electron chi connectivity index (χ1n) is 8.31. The van der Waals surface area contributed by atoms with E-state index in [2.05, 4.69) is 20.4 Å². The second-order valence-corrected chi connectivity index (χ2v) is 6.52. The molecule has 25 heavy (non-hydrogen) atoms. The number of nitrogens with one attached hydrogen (secondary N) is 2. The number of aromatic nitrogens is 4. The van der Waals surface area contributed by atoms with Gasteiger partial charge in [0.2, 0.25) is 0 Å². The van der Waals surface area contributed by atoms with E-state index in [1.54, 1.807) is 30.7 Å². The maximum atomic E-state index is 13.3. The van der Waals surface area contributed by atoms with Gasteiger partial charge in [0.1, 0.15) is 11.6 Å². The van der Waals surface area contributed by atoms with Crippen molar-refractivity contribution >= 4 is 0 Å². The molecule has 1 saturated carbocycles. The molecule has 3 N–H and O–H groups in total. The zero-order chi connectivity index (χ0) is 17.4. The standard InChI is InChI=1S/C18H20FN5O/c1-11-9-22-24(10-11)17-14(8-15(17)25)23-16(18-20-6-7-21-18)12-2-4-13(19)5-3-12/h2-7,9-10,14-17,23,25H,8H2,1H3,(H,20,21)/t14-,15+,16?,17+/m0/s1. The van der Waals surface area contributed by atoms with E-state index in [0.717, 1.165) is 17.0 Å². The number of aliphatic hydroxyl groups excluding tert-OH is 1. The van der Waals surface area contributed by atoms with Crippen LogP contribution in [0.3, 0.4) is 0 Å². The summed E-state index contributed by atoms with van der Waals surface area (Å²) < 4.78 is 15.1. The lowest BCUT2D eigenvalue weighted by atomic mass is 9.82. The Kier molecular flexibility index (Phi) is 4.10. The molecule has 1 aliphatic carbocycles. The number of halogens is 1. The number of aryl methyl sites for hydroxylation is 1. The van der Waals surface area contributed by atoms with Gasteiger partial charge in [-0.05, 0) is 36.6 Å². The van der Waals surface area contributed by atoms with Crippen LogP contribution in [0, 0.1) is 12.7 Å². The summed E-state index contributed by atoms with van der Waals surface area (Å²) in [7, 11) is 0. The SMILES string of the molecule is Cc1cnn([C@H]2[C@H](O)C[C@@H]2NC(c2ccc(F)cc2)c2ncc[nH]2)c1. The highest BCUT2D eigenvalue weighted by Crippen LogP contribution is 2.35. The first-order valence-corrected chi connectivity index (χ1v) is 8.31. The minimum atomic E-state index is -0.442. The number of nitrogens with zero attached hydrogens (tertiary/aromatic N) is 3.